The van der Waals surface area contributed by atoms with Crippen molar-refractivity contribution in [1.82, 2.24) is 14.7 Å². The molecule has 220 valence electrons. The van der Waals surface area contributed by atoms with Gasteiger partial charge < -0.3 is 19.3 Å². The third-order valence-electron chi connectivity index (χ3n) is 8.56. The van der Waals surface area contributed by atoms with Crippen LogP contribution in [0.2, 0.25) is 0 Å². The van der Waals surface area contributed by atoms with Gasteiger partial charge in [0.1, 0.15) is 12.7 Å². The largest absolute Gasteiger partial charge is 0.459 e. The molecule has 3 fully saturated rings. The van der Waals surface area contributed by atoms with Crippen LogP contribution in [-0.4, -0.2) is 77.0 Å². The maximum atomic E-state index is 13.5. The van der Waals surface area contributed by atoms with E-state index in [9.17, 15) is 19.2 Å². The second kappa shape index (κ2) is 13.5. The molecule has 40 heavy (non-hydrogen) atoms. The summed E-state index contributed by atoms with van der Waals surface area (Å²) in [6.07, 6.45) is 5.63. The molecular weight excluding hydrogens is 510 g/mol. The van der Waals surface area contributed by atoms with E-state index < -0.39 is 24.0 Å². The lowest BCUT2D eigenvalue weighted by Crippen LogP contribution is -2.70. The number of benzene rings is 1. The molecular formula is C31H45N3O6. The van der Waals surface area contributed by atoms with E-state index in [4.69, 9.17) is 9.47 Å². The van der Waals surface area contributed by atoms with E-state index in [1.165, 1.54) is 6.42 Å². The lowest BCUT2D eigenvalue weighted by Gasteiger charge is -2.47. The summed E-state index contributed by atoms with van der Waals surface area (Å²) in [7, 11) is 0. The Kier molecular flexibility index (Phi) is 10.1. The molecule has 1 saturated carbocycles. The normalized spacial score (nSPS) is 22.1. The van der Waals surface area contributed by atoms with E-state index in [1.807, 2.05) is 58.0 Å². The standard InChI is InChI=1S/C31H45N3O6/c1-21(2)27(22(3)4)40-31(38)33-17-15-32(16-18-33)30(37)34-26(29(36)39-20-24-13-9-6-10-14-24)25(28(34)35)19-23-11-7-5-8-12-23/h6,9-10,13-14,21-23,25-27H,5,7-8,11-12,15-20H2,1-4H3. The lowest BCUT2D eigenvalue weighted by molar-refractivity contribution is -0.172. The summed E-state index contributed by atoms with van der Waals surface area (Å²) in [5.41, 5.74) is 0.850. The van der Waals surface area contributed by atoms with Crippen LogP contribution >= 0.6 is 0 Å². The van der Waals surface area contributed by atoms with Crippen LogP contribution < -0.4 is 0 Å². The highest BCUT2D eigenvalue weighted by Gasteiger charge is 2.56. The zero-order chi connectivity index (χ0) is 28.8. The van der Waals surface area contributed by atoms with Gasteiger partial charge in [-0.1, -0.05) is 90.1 Å². The van der Waals surface area contributed by atoms with Gasteiger partial charge in [0.25, 0.3) is 0 Å². The van der Waals surface area contributed by atoms with Crippen LogP contribution in [0.4, 0.5) is 9.59 Å². The molecule has 9 nitrogen and oxygen atoms in total. The highest BCUT2D eigenvalue weighted by molar-refractivity contribution is 6.07. The predicted molar refractivity (Wildman–Crippen MR) is 150 cm³/mol. The molecule has 0 spiro atoms. The molecule has 0 radical (unpaired) electrons. The number of imide groups is 1. The van der Waals surface area contributed by atoms with E-state index in [0.29, 0.717) is 25.4 Å². The van der Waals surface area contributed by atoms with Gasteiger partial charge >= 0.3 is 18.1 Å². The van der Waals surface area contributed by atoms with Crippen LogP contribution in [0.3, 0.4) is 0 Å². The van der Waals surface area contributed by atoms with Crippen molar-refractivity contribution >= 4 is 24.0 Å². The minimum atomic E-state index is -0.911. The van der Waals surface area contributed by atoms with Crippen molar-refractivity contribution in [2.75, 3.05) is 26.2 Å². The molecule has 3 aliphatic rings. The van der Waals surface area contributed by atoms with Crippen molar-refractivity contribution in [2.24, 2.45) is 23.7 Å². The third kappa shape index (κ3) is 6.96. The van der Waals surface area contributed by atoms with Crippen LogP contribution in [0.15, 0.2) is 30.3 Å². The minimum absolute atomic E-state index is 0.0943. The number of hydrogen-bond donors (Lipinski definition) is 0. The number of rotatable bonds is 8. The second-order valence-electron chi connectivity index (χ2n) is 12.2. The number of likely N-dealkylation sites (tertiary alicyclic amines) is 1. The Morgan fingerprint density at radius 3 is 2.08 bits per heavy atom. The van der Waals surface area contributed by atoms with Crippen molar-refractivity contribution in [3.63, 3.8) is 0 Å². The van der Waals surface area contributed by atoms with Crippen molar-refractivity contribution in [2.45, 2.75) is 85.0 Å². The fourth-order valence-corrected chi connectivity index (χ4v) is 6.32. The SMILES string of the molecule is CC(C)C(OC(=O)N1CCN(C(=O)N2C(=O)C(CC3CCCCC3)C2C(=O)OCc2ccccc2)CC1)C(C)C. The molecule has 4 rings (SSSR count). The van der Waals surface area contributed by atoms with Crippen molar-refractivity contribution in [1.29, 1.82) is 0 Å². The van der Waals surface area contributed by atoms with Crippen LogP contribution in [0.5, 0.6) is 0 Å². The molecule has 2 atom stereocenters. The molecule has 1 aliphatic carbocycles. The monoisotopic (exact) mass is 555 g/mol. The summed E-state index contributed by atoms with van der Waals surface area (Å²) in [6.45, 7) is 9.37. The fourth-order valence-electron chi connectivity index (χ4n) is 6.32. The molecule has 2 unspecified atom stereocenters. The Balaban J connectivity index is 1.38. The van der Waals surface area contributed by atoms with Crippen LogP contribution in [0.1, 0.15) is 71.8 Å². The van der Waals surface area contributed by atoms with Crippen molar-refractivity contribution < 1.29 is 28.7 Å². The first-order valence-electron chi connectivity index (χ1n) is 15.0. The van der Waals surface area contributed by atoms with Gasteiger partial charge in [-0.2, -0.15) is 0 Å². The lowest BCUT2D eigenvalue weighted by atomic mass is 9.76. The number of ether oxygens (including phenoxy) is 2. The average molecular weight is 556 g/mol. The molecule has 0 aromatic heterocycles. The summed E-state index contributed by atoms with van der Waals surface area (Å²) >= 11 is 0. The summed E-state index contributed by atoms with van der Waals surface area (Å²) in [5.74, 6) is -0.576. The number of hydrogen-bond acceptors (Lipinski definition) is 6. The molecule has 9 heteroatoms. The molecule has 2 saturated heterocycles. The summed E-state index contributed by atoms with van der Waals surface area (Å²) in [4.78, 5) is 57.2. The van der Waals surface area contributed by atoms with E-state index in [2.05, 4.69) is 0 Å². The van der Waals surface area contributed by atoms with Gasteiger partial charge in [-0.15, -0.1) is 0 Å². The number of β-lactam (4-membered cyclic amide) rings is 1. The van der Waals surface area contributed by atoms with Gasteiger partial charge in [-0.3, -0.25) is 4.79 Å². The topological polar surface area (TPSA) is 96.5 Å². The number of urea groups is 1. The maximum absolute atomic E-state index is 13.5. The van der Waals surface area contributed by atoms with Gasteiger partial charge in [0.15, 0.2) is 6.04 Å². The zero-order valence-corrected chi connectivity index (χ0v) is 24.4. The van der Waals surface area contributed by atoms with Gasteiger partial charge in [-0.25, -0.2) is 19.3 Å². The van der Waals surface area contributed by atoms with Gasteiger partial charge in [0.2, 0.25) is 5.91 Å². The molecule has 0 N–H and O–H groups in total. The van der Waals surface area contributed by atoms with Gasteiger partial charge in [0, 0.05) is 26.2 Å². The minimum Gasteiger partial charge on any atom is -0.459 e. The van der Waals surface area contributed by atoms with Gasteiger partial charge in [-0.05, 0) is 29.7 Å². The van der Waals surface area contributed by atoms with E-state index >= 15 is 0 Å². The number of nitrogens with zero attached hydrogens (tertiary/aromatic N) is 3. The Morgan fingerprint density at radius 2 is 1.48 bits per heavy atom. The highest BCUT2D eigenvalue weighted by Crippen LogP contribution is 2.38. The first-order valence-corrected chi connectivity index (χ1v) is 15.0. The number of carbonyl (C=O) groups excluding carboxylic acids is 4. The summed E-state index contributed by atoms with van der Waals surface area (Å²) in [5, 5.41) is 0. The molecule has 4 amide bonds. The van der Waals surface area contributed by atoms with Crippen LogP contribution in [0.25, 0.3) is 0 Å². The summed E-state index contributed by atoms with van der Waals surface area (Å²) in [6, 6.07) is 7.99. The van der Waals surface area contributed by atoms with Crippen LogP contribution in [-0.2, 0) is 25.7 Å². The number of amides is 4. The molecule has 1 aromatic rings. The average Bonchev–Trinajstić information content (AvgIpc) is 2.96. The van der Waals surface area contributed by atoms with Gasteiger partial charge in [0.05, 0.1) is 5.92 Å². The molecule has 2 heterocycles. The first-order chi connectivity index (χ1) is 19.2. The third-order valence-corrected chi connectivity index (χ3v) is 8.56. The Morgan fingerprint density at radius 1 is 0.875 bits per heavy atom. The number of esters is 1. The smallest absolute Gasteiger partial charge is 0.410 e. The van der Waals surface area contributed by atoms with E-state index in [1.54, 1.807) is 9.80 Å². The van der Waals surface area contributed by atoms with Crippen LogP contribution in [0, 0.1) is 23.7 Å². The Labute approximate surface area is 238 Å². The fraction of sp³-hybridized carbons (Fsp3) is 0.677. The van der Waals surface area contributed by atoms with Crippen molar-refractivity contribution in [3.05, 3.63) is 35.9 Å². The summed E-state index contributed by atoms with van der Waals surface area (Å²) < 4.78 is 11.4. The molecule has 2 aliphatic heterocycles. The first kappa shape index (κ1) is 29.9. The van der Waals surface area contributed by atoms with Crippen molar-refractivity contribution in [3.8, 4) is 0 Å². The number of piperazine rings is 1. The van der Waals surface area contributed by atoms with E-state index in [-0.39, 0.29) is 49.6 Å². The van der Waals surface area contributed by atoms with E-state index in [0.717, 1.165) is 36.1 Å². The quantitative estimate of drug-likeness (QED) is 0.328. The number of carbonyl (C=O) groups is 4. The molecule has 0 bridgehead atoms. The Hall–Kier alpha value is -3.10. The zero-order valence-electron chi connectivity index (χ0n) is 24.4. The Bertz CT molecular complexity index is 1020. The highest BCUT2D eigenvalue weighted by atomic mass is 16.6. The predicted octanol–water partition coefficient (Wildman–Crippen LogP) is 5.08. The molecule has 1 aromatic carbocycles. The second-order valence-corrected chi connectivity index (χ2v) is 12.2. The maximum Gasteiger partial charge on any atom is 0.410 e.